The summed E-state index contributed by atoms with van der Waals surface area (Å²) in [6.45, 7) is 4.92. The molecule has 6 heteroatoms. The first-order chi connectivity index (χ1) is 16.3. The molecule has 182 valence electrons. The molecule has 4 saturated carbocycles. The first kappa shape index (κ1) is 22.3. The highest BCUT2D eigenvalue weighted by Gasteiger charge is 2.81. The van der Waals surface area contributed by atoms with Crippen molar-refractivity contribution >= 4 is 5.97 Å². The average Bonchev–Trinajstić information content (AvgIpc) is 3.15. The van der Waals surface area contributed by atoms with Crippen LogP contribution in [-0.4, -0.2) is 58.5 Å². The number of hydrogen-bond donors (Lipinski definition) is 2. The van der Waals surface area contributed by atoms with Crippen LogP contribution in [0.1, 0.15) is 57.1 Å². The van der Waals surface area contributed by atoms with Crippen LogP contribution in [0.25, 0.3) is 0 Å². The third-order valence-electron chi connectivity index (χ3n) is 9.26. The van der Waals surface area contributed by atoms with Gasteiger partial charge in [0.25, 0.3) is 0 Å². The van der Waals surface area contributed by atoms with Crippen LogP contribution in [0.3, 0.4) is 0 Å². The highest BCUT2D eigenvalue weighted by atomic mass is 16.6. The highest BCUT2D eigenvalue weighted by molar-refractivity contribution is 5.85. The van der Waals surface area contributed by atoms with E-state index in [4.69, 9.17) is 9.47 Å². The number of fused-ring (bicyclic) bond motifs is 1. The topological polar surface area (TPSA) is 79.2 Å². The number of aliphatic hydroxyl groups excluding tert-OH is 1. The van der Waals surface area contributed by atoms with Crippen LogP contribution in [-0.2, 0) is 16.6 Å². The molecule has 1 aliphatic heterocycles. The molecule has 1 spiro atoms. The summed E-state index contributed by atoms with van der Waals surface area (Å²) in [5.74, 6) is 1.19. The minimum absolute atomic E-state index is 0.00990. The van der Waals surface area contributed by atoms with E-state index >= 15 is 0 Å². The van der Waals surface area contributed by atoms with E-state index in [2.05, 4.69) is 11.9 Å². The van der Waals surface area contributed by atoms with Gasteiger partial charge in [-0.25, -0.2) is 4.79 Å². The fraction of sp³-hybridized carbons (Fsp3) is 0.607. The zero-order valence-corrected chi connectivity index (χ0v) is 20.3. The van der Waals surface area contributed by atoms with Gasteiger partial charge in [-0.05, 0) is 76.5 Å². The molecule has 2 bridgehead atoms. The summed E-state index contributed by atoms with van der Waals surface area (Å²) < 4.78 is 12.1. The molecule has 0 aromatic heterocycles. The van der Waals surface area contributed by atoms with Crippen molar-refractivity contribution in [1.29, 1.82) is 0 Å². The maximum absolute atomic E-state index is 12.5. The summed E-state index contributed by atoms with van der Waals surface area (Å²) in [6, 6.07) is 3.83. The largest absolute Gasteiger partial charge is 0.482 e. The summed E-state index contributed by atoms with van der Waals surface area (Å²) in [7, 11) is 2.15. The fourth-order valence-corrected chi connectivity index (χ4v) is 7.60. The third-order valence-corrected chi connectivity index (χ3v) is 9.26. The minimum atomic E-state index is -0.945. The lowest BCUT2D eigenvalue weighted by Crippen LogP contribution is -2.83. The monoisotopic (exact) mass is 465 g/mol. The third kappa shape index (κ3) is 2.88. The quantitative estimate of drug-likeness (QED) is 0.291. The molecule has 1 aromatic carbocycles. The predicted octanol–water partition coefficient (Wildman–Crippen LogP) is 3.29. The average molecular weight is 466 g/mol. The van der Waals surface area contributed by atoms with Gasteiger partial charge in [0.15, 0.2) is 11.5 Å². The van der Waals surface area contributed by atoms with Crippen molar-refractivity contribution in [2.45, 2.75) is 81.6 Å². The van der Waals surface area contributed by atoms with Gasteiger partial charge >= 0.3 is 5.97 Å². The molecule has 0 radical (unpaired) electrons. The minimum Gasteiger partial charge on any atom is -0.482 e. The first-order valence-electron chi connectivity index (χ1n) is 12.7. The van der Waals surface area contributed by atoms with E-state index in [1.54, 1.807) is 6.08 Å². The van der Waals surface area contributed by atoms with Gasteiger partial charge in [0.2, 0.25) is 0 Å². The van der Waals surface area contributed by atoms with Gasteiger partial charge in [-0.3, -0.25) is 4.90 Å². The van der Waals surface area contributed by atoms with E-state index in [-0.39, 0.29) is 12.0 Å². The maximum Gasteiger partial charge on any atom is 0.336 e. The normalized spacial score (nSPS) is 37.0. The van der Waals surface area contributed by atoms with Gasteiger partial charge in [0.1, 0.15) is 6.10 Å². The highest BCUT2D eigenvalue weighted by Crippen LogP contribution is 2.73. The van der Waals surface area contributed by atoms with Crippen molar-refractivity contribution in [3.05, 3.63) is 47.1 Å². The summed E-state index contributed by atoms with van der Waals surface area (Å²) in [4.78, 5) is 14.8. The lowest BCUT2D eigenvalue weighted by molar-refractivity contribution is -0.281. The first-order valence-corrected chi connectivity index (χ1v) is 12.7. The van der Waals surface area contributed by atoms with Gasteiger partial charge in [-0.1, -0.05) is 30.2 Å². The lowest BCUT2D eigenvalue weighted by Gasteiger charge is -2.71. The number of allylic oxidation sites excluding steroid dienone is 3. The number of benzene rings is 1. The van der Waals surface area contributed by atoms with Crippen molar-refractivity contribution in [1.82, 2.24) is 4.90 Å². The number of hydrogen-bond acceptors (Lipinski definition) is 6. The van der Waals surface area contributed by atoms with Crippen molar-refractivity contribution in [3.8, 4) is 11.5 Å². The molecule has 6 nitrogen and oxygen atoms in total. The van der Waals surface area contributed by atoms with Crippen molar-refractivity contribution < 1.29 is 24.5 Å². The van der Waals surface area contributed by atoms with Crippen LogP contribution in [0, 0.1) is 11.8 Å². The SMILES string of the molecule is CC(C)=C/C=C/C(=O)Oc1ccc2c3c1O[C@H]1[C@@H](O)CC4C[C@]31[C@]4(O)[C@H](N(C)CC1CCC1)C2. The van der Waals surface area contributed by atoms with Gasteiger partial charge in [0, 0.05) is 24.2 Å². The Balaban J connectivity index is 1.37. The smallest absolute Gasteiger partial charge is 0.336 e. The van der Waals surface area contributed by atoms with Crippen LogP contribution >= 0.6 is 0 Å². The van der Waals surface area contributed by atoms with Gasteiger partial charge in [-0.15, -0.1) is 0 Å². The van der Waals surface area contributed by atoms with Crippen molar-refractivity contribution in [3.63, 3.8) is 0 Å². The molecule has 6 aliphatic rings. The number of esters is 1. The summed E-state index contributed by atoms with van der Waals surface area (Å²) in [6.07, 6.45) is 9.69. The fourth-order valence-electron chi connectivity index (χ4n) is 7.60. The van der Waals surface area contributed by atoms with Crippen LogP contribution in [0.2, 0.25) is 0 Å². The molecule has 2 N–H and O–H groups in total. The molecular weight excluding hydrogens is 430 g/mol. The van der Waals surface area contributed by atoms with Crippen LogP contribution < -0.4 is 9.47 Å². The number of likely N-dealkylation sites (N-methyl/N-ethyl adjacent to an activating group) is 1. The summed E-state index contributed by atoms with van der Waals surface area (Å²) in [5.41, 5.74) is 1.60. The summed E-state index contributed by atoms with van der Waals surface area (Å²) >= 11 is 0. The van der Waals surface area contributed by atoms with E-state index in [9.17, 15) is 15.0 Å². The van der Waals surface area contributed by atoms with Gasteiger partial charge in [0.05, 0.1) is 17.1 Å². The number of carbonyl (C=O) groups excluding carboxylic acids is 1. The summed E-state index contributed by atoms with van der Waals surface area (Å²) in [5, 5.41) is 23.4. The van der Waals surface area contributed by atoms with E-state index in [0.717, 1.165) is 36.1 Å². The molecule has 1 heterocycles. The van der Waals surface area contributed by atoms with Crippen LogP contribution in [0.5, 0.6) is 11.5 Å². The van der Waals surface area contributed by atoms with Crippen molar-refractivity contribution in [2.24, 2.45) is 11.8 Å². The second-order valence-electron chi connectivity index (χ2n) is 11.4. The predicted molar refractivity (Wildman–Crippen MR) is 128 cm³/mol. The number of aliphatic hydroxyl groups is 2. The second-order valence-corrected chi connectivity index (χ2v) is 11.4. The maximum atomic E-state index is 12.5. The van der Waals surface area contributed by atoms with E-state index in [1.165, 1.54) is 25.3 Å². The van der Waals surface area contributed by atoms with Crippen LogP contribution in [0.15, 0.2) is 35.9 Å². The molecule has 0 saturated heterocycles. The Morgan fingerprint density at radius 1 is 1.32 bits per heavy atom. The Morgan fingerprint density at radius 2 is 2.12 bits per heavy atom. The Hall–Kier alpha value is -2.15. The molecule has 1 aromatic rings. The molecule has 5 aliphatic carbocycles. The lowest BCUT2D eigenvalue weighted by atomic mass is 9.36. The van der Waals surface area contributed by atoms with E-state index in [0.29, 0.717) is 23.8 Å². The Bertz CT molecular complexity index is 1090. The Kier molecular flexibility index (Phi) is 5.04. The molecular formula is C28H35NO5. The zero-order chi connectivity index (χ0) is 23.8. The Labute approximate surface area is 201 Å². The number of nitrogens with zero attached hydrogens (tertiary/aromatic N) is 1. The van der Waals surface area contributed by atoms with E-state index in [1.807, 2.05) is 32.1 Å². The molecule has 0 amide bonds. The van der Waals surface area contributed by atoms with Crippen molar-refractivity contribution in [2.75, 3.05) is 13.6 Å². The van der Waals surface area contributed by atoms with Gasteiger partial charge < -0.3 is 19.7 Å². The number of rotatable bonds is 6. The zero-order valence-electron chi connectivity index (χ0n) is 20.3. The van der Waals surface area contributed by atoms with E-state index < -0.39 is 29.2 Å². The molecule has 7 rings (SSSR count). The Morgan fingerprint density at radius 3 is 2.82 bits per heavy atom. The molecule has 1 unspecified atom stereocenters. The number of ether oxygens (including phenoxy) is 2. The van der Waals surface area contributed by atoms with Gasteiger partial charge in [-0.2, -0.15) is 0 Å². The number of carbonyl (C=O) groups is 1. The molecule has 4 fully saturated rings. The van der Waals surface area contributed by atoms with Crippen LogP contribution in [0.4, 0.5) is 0 Å². The standard InChI is InChI=1S/C28H35NO5/c1-16(2)6-4-9-23(31)33-21-11-10-18-12-22(29(3)15-17-7-5-8-17)28(32)19-13-20(30)26-27(28,14-19)24(18)25(21)34-26/h4,6,9-11,17,19-20,22,26,30,32H,5,7-8,12-15H2,1-3H3/b9-4+/t19?,20-,22+,26-,27-,28+/m0/s1. The molecule has 6 atom stereocenters. The second kappa shape index (κ2) is 7.67. The molecule has 34 heavy (non-hydrogen) atoms.